The first kappa shape index (κ1) is 13.7. The number of pyridine rings is 1. The van der Waals surface area contributed by atoms with Crippen LogP contribution in [0.5, 0.6) is 0 Å². The molecule has 1 aromatic heterocycles. The Kier molecular flexibility index (Phi) is 4.86. The third kappa shape index (κ3) is 3.89. The third-order valence-corrected chi connectivity index (χ3v) is 2.17. The fraction of sp³-hybridized carbons (Fsp3) is 0.250. The minimum Gasteiger partial charge on any atom is -0.480 e. The van der Waals surface area contributed by atoms with Crippen LogP contribution in [0.4, 0.5) is 5.82 Å². The van der Waals surface area contributed by atoms with Crippen molar-refractivity contribution in [2.24, 2.45) is 0 Å². The van der Waals surface area contributed by atoms with Crippen LogP contribution >= 0.6 is 0 Å². The minimum atomic E-state index is -0.968. The quantitative estimate of drug-likeness (QED) is 0.651. The van der Waals surface area contributed by atoms with Gasteiger partial charge in [-0.25, -0.2) is 4.98 Å². The first-order valence-electron chi connectivity index (χ1n) is 5.39. The van der Waals surface area contributed by atoms with Crippen molar-refractivity contribution in [2.75, 3.05) is 11.9 Å². The Morgan fingerprint density at radius 1 is 1.56 bits per heavy atom. The van der Waals surface area contributed by atoms with Gasteiger partial charge in [-0.3, -0.25) is 9.59 Å². The summed E-state index contributed by atoms with van der Waals surface area (Å²) in [6.07, 6.45) is 2.96. The van der Waals surface area contributed by atoms with E-state index < -0.39 is 12.0 Å². The number of nitrogens with zero attached hydrogens (tertiary/aromatic N) is 1. The first-order chi connectivity index (χ1) is 8.54. The van der Waals surface area contributed by atoms with Crippen molar-refractivity contribution in [3.8, 4) is 0 Å². The Labute approximate surface area is 105 Å². The highest BCUT2D eigenvalue weighted by Crippen LogP contribution is 2.06. The van der Waals surface area contributed by atoms with Crippen molar-refractivity contribution < 1.29 is 14.7 Å². The monoisotopic (exact) mass is 249 g/mol. The molecular weight excluding hydrogens is 234 g/mol. The molecule has 0 radical (unpaired) electrons. The molecule has 18 heavy (non-hydrogen) atoms. The zero-order chi connectivity index (χ0) is 13.5. The van der Waals surface area contributed by atoms with E-state index in [0.29, 0.717) is 17.9 Å². The lowest BCUT2D eigenvalue weighted by atomic mass is 10.2. The van der Waals surface area contributed by atoms with E-state index in [-0.39, 0.29) is 5.91 Å². The lowest BCUT2D eigenvalue weighted by molar-refractivity contribution is -0.137. The van der Waals surface area contributed by atoms with Gasteiger partial charge in [0.05, 0.1) is 5.56 Å². The van der Waals surface area contributed by atoms with E-state index in [1.165, 1.54) is 13.1 Å². The topological polar surface area (TPSA) is 91.3 Å². The normalized spacial score (nSPS) is 11.4. The second-order valence-electron chi connectivity index (χ2n) is 3.64. The largest absolute Gasteiger partial charge is 0.480 e. The lowest BCUT2D eigenvalue weighted by Crippen LogP contribution is -2.26. The molecule has 0 aromatic carbocycles. The van der Waals surface area contributed by atoms with Crippen molar-refractivity contribution in [1.82, 2.24) is 10.3 Å². The van der Waals surface area contributed by atoms with Gasteiger partial charge in [0, 0.05) is 12.7 Å². The van der Waals surface area contributed by atoms with Gasteiger partial charge in [0.1, 0.15) is 11.9 Å². The van der Waals surface area contributed by atoms with Crippen molar-refractivity contribution in [3.05, 3.63) is 36.5 Å². The number of anilines is 1. The Balaban J connectivity index is 2.65. The Morgan fingerprint density at radius 3 is 2.78 bits per heavy atom. The summed E-state index contributed by atoms with van der Waals surface area (Å²) in [5.74, 6) is -0.810. The molecule has 6 nitrogen and oxygen atoms in total. The van der Waals surface area contributed by atoms with Crippen molar-refractivity contribution in [3.63, 3.8) is 0 Å². The summed E-state index contributed by atoms with van der Waals surface area (Å²) in [6.45, 7) is 5.39. The van der Waals surface area contributed by atoms with Gasteiger partial charge >= 0.3 is 5.97 Å². The molecule has 0 unspecified atom stereocenters. The third-order valence-electron chi connectivity index (χ3n) is 2.17. The second-order valence-corrected chi connectivity index (χ2v) is 3.64. The van der Waals surface area contributed by atoms with Crippen LogP contribution in [0.25, 0.3) is 0 Å². The number of hydrogen-bond acceptors (Lipinski definition) is 4. The van der Waals surface area contributed by atoms with E-state index >= 15 is 0 Å². The van der Waals surface area contributed by atoms with Gasteiger partial charge in [0.15, 0.2) is 0 Å². The first-order valence-corrected chi connectivity index (χ1v) is 5.39. The molecule has 1 atom stereocenters. The number of nitrogens with one attached hydrogen (secondary N) is 2. The molecular formula is C12H15N3O3. The average Bonchev–Trinajstić information content (AvgIpc) is 2.36. The molecule has 1 heterocycles. The standard InChI is InChI=1S/C12H15N3O3/c1-3-6-13-11(16)9-4-5-10(14-7-9)15-8(2)12(17)18/h3-5,7-8H,1,6H2,2H3,(H,13,16)(H,14,15)(H,17,18)/t8-/m0/s1. The van der Waals surface area contributed by atoms with E-state index in [9.17, 15) is 9.59 Å². The fourth-order valence-electron chi connectivity index (χ4n) is 1.16. The molecule has 1 amide bonds. The second kappa shape index (κ2) is 6.39. The van der Waals surface area contributed by atoms with Crippen molar-refractivity contribution >= 4 is 17.7 Å². The van der Waals surface area contributed by atoms with Crippen LogP contribution in [0.2, 0.25) is 0 Å². The number of carbonyl (C=O) groups excluding carboxylic acids is 1. The summed E-state index contributed by atoms with van der Waals surface area (Å²) < 4.78 is 0. The minimum absolute atomic E-state index is 0.250. The summed E-state index contributed by atoms with van der Waals surface area (Å²) in [5.41, 5.74) is 0.408. The van der Waals surface area contributed by atoms with Crippen LogP contribution in [-0.2, 0) is 4.79 Å². The zero-order valence-electron chi connectivity index (χ0n) is 10.0. The van der Waals surface area contributed by atoms with Crippen molar-refractivity contribution in [2.45, 2.75) is 13.0 Å². The molecule has 1 aromatic rings. The summed E-state index contributed by atoms with van der Waals surface area (Å²) in [6, 6.07) is 2.39. The molecule has 0 aliphatic heterocycles. The van der Waals surface area contributed by atoms with Crippen LogP contribution in [0.1, 0.15) is 17.3 Å². The predicted octanol–water partition coefficient (Wildman–Crippen LogP) is 0.882. The number of aliphatic carboxylic acids is 1. The molecule has 0 bridgehead atoms. The summed E-state index contributed by atoms with van der Waals surface area (Å²) in [4.78, 5) is 26.1. The van der Waals surface area contributed by atoms with E-state index in [0.717, 1.165) is 0 Å². The SMILES string of the molecule is C=CCNC(=O)c1ccc(N[C@@H](C)C(=O)O)nc1. The van der Waals surface area contributed by atoms with Gasteiger partial charge in [-0.05, 0) is 19.1 Å². The van der Waals surface area contributed by atoms with Gasteiger partial charge in [-0.1, -0.05) is 6.08 Å². The van der Waals surface area contributed by atoms with E-state index in [2.05, 4.69) is 22.2 Å². The number of carboxylic acids is 1. The Hall–Kier alpha value is -2.37. The highest BCUT2D eigenvalue weighted by atomic mass is 16.4. The van der Waals surface area contributed by atoms with Crippen LogP contribution < -0.4 is 10.6 Å². The molecule has 3 N–H and O–H groups in total. The van der Waals surface area contributed by atoms with E-state index in [1.54, 1.807) is 18.2 Å². The molecule has 0 saturated carbocycles. The van der Waals surface area contributed by atoms with Crippen LogP contribution in [0.3, 0.4) is 0 Å². The van der Waals surface area contributed by atoms with Gasteiger partial charge in [0.2, 0.25) is 0 Å². The van der Waals surface area contributed by atoms with Crippen LogP contribution in [-0.4, -0.2) is 34.6 Å². The number of carbonyl (C=O) groups is 2. The molecule has 0 spiro atoms. The van der Waals surface area contributed by atoms with Gasteiger partial charge in [-0.2, -0.15) is 0 Å². The predicted molar refractivity (Wildman–Crippen MR) is 67.5 cm³/mol. The lowest BCUT2D eigenvalue weighted by Gasteiger charge is -2.10. The number of carboxylic acid groups (broad SMARTS) is 1. The maximum Gasteiger partial charge on any atom is 0.325 e. The fourth-order valence-corrected chi connectivity index (χ4v) is 1.16. The Morgan fingerprint density at radius 2 is 2.28 bits per heavy atom. The summed E-state index contributed by atoms with van der Waals surface area (Å²) >= 11 is 0. The average molecular weight is 249 g/mol. The van der Waals surface area contributed by atoms with Crippen molar-refractivity contribution in [1.29, 1.82) is 0 Å². The summed E-state index contributed by atoms with van der Waals surface area (Å²) in [5, 5.41) is 14.0. The number of hydrogen-bond donors (Lipinski definition) is 3. The summed E-state index contributed by atoms with van der Waals surface area (Å²) in [7, 11) is 0. The molecule has 0 saturated heterocycles. The highest BCUT2D eigenvalue weighted by molar-refractivity contribution is 5.94. The number of rotatable bonds is 6. The molecule has 0 aliphatic carbocycles. The van der Waals surface area contributed by atoms with Crippen LogP contribution in [0.15, 0.2) is 31.0 Å². The molecule has 1 rings (SSSR count). The van der Waals surface area contributed by atoms with Gasteiger partial charge in [-0.15, -0.1) is 6.58 Å². The highest BCUT2D eigenvalue weighted by Gasteiger charge is 2.11. The maximum atomic E-state index is 11.5. The van der Waals surface area contributed by atoms with E-state index in [1.807, 2.05) is 0 Å². The Bertz CT molecular complexity index is 442. The molecule has 96 valence electrons. The zero-order valence-corrected chi connectivity index (χ0v) is 10.0. The van der Waals surface area contributed by atoms with Gasteiger partial charge < -0.3 is 15.7 Å². The number of aromatic nitrogens is 1. The number of amides is 1. The van der Waals surface area contributed by atoms with E-state index in [4.69, 9.17) is 5.11 Å². The molecule has 6 heteroatoms. The molecule has 0 fully saturated rings. The molecule has 0 aliphatic rings. The smallest absolute Gasteiger partial charge is 0.325 e. The maximum absolute atomic E-state index is 11.5. The van der Waals surface area contributed by atoms with Crippen LogP contribution in [0, 0.1) is 0 Å². The van der Waals surface area contributed by atoms with Gasteiger partial charge in [0.25, 0.3) is 5.91 Å².